The molecule has 128 valence electrons. The first kappa shape index (κ1) is 17.3. The van der Waals surface area contributed by atoms with Crippen LogP contribution in [0.2, 0.25) is 0 Å². The third-order valence-electron chi connectivity index (χ3n) is 5.85. The van der Waals surface area contributed by atoms with Crippen molar-refractivity contribution in [2.45, 2.75) is 72.1 Å². The van der Waals surface area contributed by atoms with Gasteiger partial charge >= 0.3 is 0 Å². The minimum absolute atomic E-state index is 0.579. The Morgan fingerprint density at radius 1 is 1.00 bits per heavy atom. The zero-order valence-corrected chi connectivity index (χ0v) is 15.9. The molecule has 24 heavy (non-hydrogen) atoms. The van der Waals surface area contributed by atoms with Gasteiger partial charge in [-0.3, -0.25) is 0 Å². The number of benzene rings is 2. The van der Waals surface area contributed by atoms with E-state index in [2.05, 4.69) is 64.1 Å². The van der Waals surface area contributed by atoms with Crippen LogP contribution in [0.25, 0.3) is 0 Å². The maximum absolute atomic E-state index is 2.51. The SMILES string of the molecule is CCc1ccc(C(C)Cc2c(C)cccc2C)cc1CCC1CC1. The lowest BCUT2D eigenvalue weighted by molar-refractivity contribution is 0.714. The summed E-state index contributed by atoms with van der Waals surface area (Å²) >= 11 is 0. The largest absolute Gasteiger partial charge is 0.0617 e. The van der Waals surface area contributed by atoms with E-state index in [1.807, 2.05) is 0 Å². The van der Waals surface area contributed by atoms with E-state index in [0.29, 0.717) is 5.92 Å². The van der Waals surface area contributed by atoms with Gasteiger partial charge in [0.05, 0.1) is 0 Å². The molecule has 0 heteroatoms. The van der Waals surface area contributed by atoms with Gasteiger partial charge < -0.3 is 0 Å². The lowest BCUT2D eigenvalue weighted by Crippen LogP contribution is -2.04. The molecule has 2 aromatic rings. The van der Waals surface area contributed by atoms with E-state index < -0.39 is 0 Å². The zero-order valence-electron chi connectivity index (χ0n) is 15.9. The van der Waals surface area contributed by atoms with Crippen molar-refractivity contribution >= 4 is 0 Å². The highest BCUT2D eigenvalue weighted by molar-refractivity contribution is 5.38. The normalized spacial score (nSPS) is 15.5. The van der Waals surface area contributed by atoms with Gasteiger partial charge in [-0.15, -0.1) is 0 Å². The van der Waals surface area contributed by atoms with E-state index >= 15 is 0 Å². The average Bonchev–Trinajstić information content (AvgIpc) is 3.40. The molecule has 0 spiro atoms. The summed E-state index contributed by atoms with van der Waals surface area (Å²) < 4.78 is 0. The van der Waals surface area contributed by atoms with Gasteiger partial charge in [0.2, 0.25) is 0 Å². The highest BCUT2D eigenvalue weighted by Crippen LogP contribution is 2.34. The Balaban J connectivity index is 1.78. The van der Waals surface area contributed by atoms with E-state index in [0.717, 1.165) is 18.8 Å². The van der Waals surface area contributed by atoms with Crippen molar-refractivity contribution in [3.8, 4) is 0 Å². The molecule has 0 amide bonds. The zero-order chi connectivity index (χ0) is 17.1. The van der Waals surface area contributed by atoms with Crippen molar-refractivity contribution in [1.29, 1.82) is 0 Å². The summed E-state index contributed by atoms with van der Waals surface area (Å²) in [5, 5.41) is 0. The van der Waals surface area contributed by atoms with E-state index in [1.165, 1.54) is 47.9 Å². The van der Waals surface area contributed by atoms with Gasteiger partial charge in [0, 0.05) is 0 Å². The van der Waals surface area contributed by atoms with Crippen molar-refractivity contribution in [3.05, 3.63) is 69.8 Å². The molecule has 3 rings (SSSR count). The number of aryl methyl sites for hydroxylation is 4. The number of rotatable bonds is 7. The molecule has 0 bridgehead atoms. The molecular formula is C24H32. The molecule has 2 aromatic carbocycles. The second-order valence-electron chi connectivity index (χ2n) is 7.84. The molecule has 0 N–H and O–H groups in total. The number of hydrogen-bond donors (Lipinski definition) is 0. The highest BCUT2D eigenvalue weighted by Gasteiger charge is 2.21. The quantitative estimate of drug-likeness (QED) is 0.542. The predicted octanol–water partition coefficient (Wildman–Crippen LogP) is 6.55. The van der Waals surface area contributed by atoms with Crippen LogP contribution in [0.15, 0.2) is 36.4 Å². The van der Waals surface area contributed by atoms with Gasteiger partial charge in [0.15, 0.2) is 0 Å². The summed E-state index contributed by atoms with van der Waals surface area (Å²) in [5.41, 5.74) is 9.07. The van der Waals surface area contributed by atoms with E-state index in [-0.39, 0.29) is 0 Å². The Bertz CT molecular complexity index is 671. The molecule has 1 aliphatic carbocycles. The molecule has 0 aliphatic heterocycles. The molecule has 1 atom stereocenters. The third kappa shape index (κ3) is 4.09. The Kier molecular flexibility index (Phi) is 5.43. The van der Waals surface area contributed by atoms with Crippen LogP contribution in [0.1, 0.15) is 72.4 Å². The molecule has 1 fully saturated rings. The fraction of sp³-hybridized carbons (Fsp3) is 0.500. The summed E-state index contributed by atoms with van der Waals surface area (Å²) in [6.07, 6.45) is 7.89. The van der Waals surface area contributed by atoms with Crippen LogP contribution in [0, 0.1) is 19.8 Å². The summed E-state index contributed by atoms with van der Waals surface area (Å²) in [6.45, 7) is 9.17. The summed E-state index contributed by atoms with van der Waals surface area (Å²) in [4.78, 5) is 0. The van der Waals surface area contributed by atoms with Gasteiger partial charge in [-0.2, -0.15) is 0 Å². The standard InChI is InChI=1S/C24H32/c1-5-21-13-14-22(16-23(21)12-11-20-9-10-20)19(4)15-24-17(2)7-6-8-18(24)3/h6-8,13-14,16,19-20H,5,9-12,15H2,1-4H3. The summed E-state index contributed by atoms with van der Waals surface area (Å²) in [5.74, 6) is 1.60. The molecule has 0 aromatic heterocycles. The maximum Gasteiger partial charge on any atom is -0.0150 e. The van der Waals surface area contributed by atoms with E-state index in [1.54, 1.807) is 11.1 Å². The lowest BCUT2D eigenvalue weighted by Gasteiger charge is -2.18. The predicted molar refractivity (Wildman–Crippen MR) is 105 cm³/mol. The van der Waals surface area contributed by atoms with Crippen LogP contribution >= 0.6 is 0 Å². The third-order valence-corrected chi connectivity index (χ3v) is 5.85. The first-order chi connectivity index (χ1) is 11.6. The molecular weight excluding hydrogens is 288 g/mol. The topological polar surface area (TPSA) is 0 Å². The monoisotopic (exact) mass is 320 g/mol. The first-order valence-corrected chi connectivity index (χ1v) is 9.75. The van der Waals surface area contributed by atoms with E-state index in [4.69, 9.17) is 0 Å². The van der Waals surface area contributed by atoms with Crippen molar-refractivity contribution < 1.29 is 0 Å². The van der Waals surface area contributed by atoms with E-state index in [9.17, 15) is 0 Å². The Labute approximate surface area is 148 Å². The van der Waals surface area contributed by atoms with Crippen LogP contribution in [-0.2, 0) is 19.3 Å². The molecule has 1 saturated carbocycles. The number of hydrogen-bond acceptors (Lipinski definition) is 0. The van der Waals surface area contributed by atoms with Gasteiger partial charge in [0.1, 0.15) is 0 Å². The minimum atomic E-state index is 0.579. The molecule has 0 radical (unpaired) electrons. The average molecular weight is 321 g/mol. The Morgan fingerprint density at radius 2 is 1.71 bits per heavy atom. The molecule has 0 heterocycles. The highest BCUT2D eigenvalue weighted by atomic mass is 14.3. The minimum Gasteiger partial charge on any atom is -0.0617 e. The fourth-order valence-electron chi connectivity index (χ4n) is 3.89. The molecule has 1 unspecified atom stereocenters. The second kappa shape index (κ2) is 7.55. The van der Waals surface area contributed by atoms with Gasteiger partial charge in [0.25, 0.3) is 0 Å². The second-order valence-corrected chi connectivity index (χ2v) is 7.84. The van der Waals surface area contributed by atoms with Crippen LogP contribution < -0.4 is 0 Å². The first-order valence-electron chi connectivity index (χ1n) is 9.75. The fourth-order valence-corrected chi connectivity index (χ4v) is 3.89. The molecule has 0 nitrogen and oxygen atoms in total. The Hall–Kier alpha value is -1.56. The van der Waals surface area contributed by atoms with Crippen LogP contribution in [0.5, 0.6) is 0 Å². The van der Waals surface area contributed by atoms with Crippen LogP contribution in [0.3, 0.4) is 0 Å². The summed E-state index contributed by atoms with van der Waals surface area (Å²) in [7, 11) is 0. The summed E-state index contributed by atoms with van der Waals surface area (Å²) in [6, 6.07) is 13.9. The van der Waals surface area contributed by atoms with Crippen molar-refractivity contribution in [2.75, 3.05) is 0 Å². The van der Waals surface area contributed by atoms with Gasteiger partial charge in [-0.1, -0.05) is 63.1 Å². The Morgan fingerprint density at radius 3 is 2.33 bits per heavy atom. The molecule has 1 aliphatic rings. The molecule has 0 saturated heterocycles. The van der Waals surface area contributed by atoms with Crippen molar-refractivity contribution in [2.24, 2.45) is 5.92 Å². The maximum atomic E-state index is 2.51. The van der Waals surface area contributed by atoms with Crippen LogP contribution in [-0.4, -0.2) is 0 Å². The smallest absolute Gasteiger partial charge is 0.0150 e. The van der Waals surface area contributed by atoms with Crippen molar-refractivity contribution in [1.82, 2.24) is 0 Å². The van der Waals surface area contributed by atoms with Gasteiger partial charge in [-0.05, 0) is 84.7 Å². The van der Waals surface area contributed by atoms with Crippen LogP contribution in [0.4, 0.5) is 0 Å². The van der Waals surface area contributed by atoms with Crippen molar-refractivity contribution in [3.63, 3.8) is 0 Å². The van der Waals surface area contributed by atoms with Gasteiger partial charge in [-0.25, -0.2) is 0 Å². The lowest BCUT2D eigenvalue weighted by atomic mass is 9.87.